The molecule has 2 saturated heterocycles. The summed E-state index contributed by atoms with van der Waals surface area (Å²) in [6.45, 7) is 7.20. The highest BCUT2D eigenvalue weighted by Crippen LogP contribution is 2.36. The van der Waals surface area contributed by atoms with E-state index in [0.29, 0.717) is 28.4 Å². The van der Waals surface area contributed by atoms with E-state index >= 15 is 0 Å². The van der Waals surface area contributed by atoms with E-state index in [4.69, 9.17) is 4.74 Å². The highest BCUT2D eigenvalue weighted by molar-refractivity contribution is 7.22. The Balaban J connectivity index is 1.15. The van der Waals surface area contributed by atoms with Gasteiger partial charge in [-0.05, 0) is 62.6 Å². The number of hydrogen-bond donors (Lipinski definition) is 0. The Morgan fingerprint density at radius 2 is 1.76 bits per heavy atom. The molecular formula is C27H30F4N4O2S. The molecule has 1 amide bonds. The molecule has 2 aromatic carbocycles. The lowest BCUT2D eigenvalue weighted by Crippen LogP contribution is -2.58. The highest BCUT2D eigenvalue weighted by Gasteiger charge is 2.36. The molecule has 3 heterocycles. The summed E-state index contributed by atoms with van der Waals surface area (Å²) in [7, 11) is 0. The summed E-state index contributed by atoms with van der Waals surface area (Å²) in [4.78, 5) is 23.7. The average molecular weight is 551 g/mol. The van der Waals surface area contributed by atoms with Crippen LogP contribution in [-0.4, -0.2) is 65.2 Å². The van der Waals surface area contributed by atoms with E-state index in [0.717, 1.165) is 50.2 Å². The van der Waals surface area contributed by atoms with Crippen molar-refractivity contribution in [2.45, 2.75) is 57.6 Å². The van der Waals surface area contributed by atoms with Crippen LogP contribution >= 0.6 is 11.3 Å². The summed E-state index contributed by atoms with van der Waals surface area (Å²) < 4.78 is 58.8. The lowest BCUT2D eigenvalue weighted by molar-refractivity contribution is -0.137. The monoisotopic (exact) mass is 550 g/mol. The third-order valence-corrected chi connectivity index (χ3v) is 8.35. The Morgan fingerprint density at radius 1 is 1.05 bits per heavy atom. The number of hydrogen-bond acceptors (Lipinski definition) is 6. The molecule has 5 rings (SSSR count). The van der Waals surface area contributed by atoms with Gasteiger partial charge >= 0.3 is 12.3 Å². The van der Waals surface area contributed by atoms with Crippen LogP contribution in [0.3, 0.4) is 0 Å². The molecule has 0 spiro atoms. The Kier molecular flexibility index (Phi) is 7.50. The minimum absolute atomic E-state index is 0.0704. The highest BCUT2D eigenvalue weighted by atomic mass is 32.1. The summed E-state index contributed by atoms with van der Waals surface area (Å²) >= 11 is 1.24. The number of benzene rings is 2. The van der Waals surface area contributed by atoms with Crippen molar-refractivity contribution in [2.75, 3.05) is 31.1 Å². The van der Waals surface area contributed by atoms with Gasteiger partial charge in [-0.1, -0.05) is 23.5 Å². The smallest absolute Gasteiger partial charge is 0.416 e. The number of thiazole rings is 1. The number of alkyl halides is 3. The van der Waals surface area contributed by atoms with Gasteiger partial charge in [0.15, 0.2) is 5.13 Å². The van der Waals surface area contributed by atoms with Crippen LogP contribution in [0, 0.1) is 5.82 Å². The van der Waals surface area contributed by atoms with Crippen LogP contribution in [0.25, 0.3) is 10.2 Å². The van der Waals surface area contributed by atoms with Crippen molar-refractivity contribution < 1.29 is 27.1 Å². The molecule has 0 aliphatic carbocycles. The number of aromatic nitrogens is 1. The number of carbonyl (C=O) groups is 1. The average Bonchev–Trinajstić information content (AvgIpc) is 3.30. The van der Waals surface area contributed by atoms with Crippen LogP contribution in [0.5, 0.6) is 0 Å². The quantitative estimate of drug-likeness (QED) is 0.365. The molecule has 2 aliphatic rings. The lowest BCUT2D eigenvalue weighted by Gasteiger charge is -2.44. The summed E-state index contributed by atoms with van der Waals surface area (Å²) in [5.74, 6) is -0.247. The van der Waals surface area contributed by atoms with Crippen LogP contribution in [0.4, 0.5) is 27.5 Å². The minimum atomic E-state index is -4.40. The third kappa shape index (κ3) is 5.88. The first kappa shape index (κ1) is 26.7. The second-order valence-corrected chi connectivity index (χ2v) is 11.2. The lowest BCUT2D eigenvalue weighted by atomic mass is 10.1. The predicted octanol–water partition coefficient (Wildman–Crippen LogP) is 6.15. The van der Waals surface area contributed by atoms with Gasteiger partial charge in [-0.3, -0.25) is 4.90 Å². The summed E-state index contributed by atoms with van der Waals surface area (Å²) in [6, 6.07) is 9.90. The molecule has 2 fully saturated rings. The molecule has 38 heavy (non-hydrogen) atoms. The molecule has 204 valence electrons. The first-order valence-corrected chi connectivity index (χ1v) is 13.6. The zero-order chi connectivity index (χ0) is 27.0. The maximum atomic E-state index is 13.1. The molecule has 0 unspecified atom stereocenters. The Hall–Kier alpha value is -2.92. The van der Waals surface area contributed by atoms with Crippen molar-refractivity contribution in [1.82, 2.24) is 14.8 Å². The maximum Gasteiger partial charge on any atom is 0.416 e. The third-order valence-electron chi connectivity index (χ3n) is 7.29. The van der Waals surface area contributed by atoms with Crippen molar-refractivity contribution >= 4 is 32.8 Å². The number of fused-ring (bicyclic) bond motifs is 1. The SMILES string of the molecule is C[C@@H]1CN(c2nc3ccc(C(F)(F)F)cc3s2)[C@@H](C)CN1C(=O)OC1CCN(Cc2ccc(F)cc2)CC1. The van der Waals surface area contributed by atoms with Crippen molar-refractivity contribution in [3.63, 3.8) is 0 Å². The van der Waals surface area contributed by atoms with Gasteiger partial charge in [-0.2, -0.15) is 13.2 Å². The Morgan fingerprint density at radius 3 is 2.45 bits per heavy atom. The summed E-state index contributed by atoms with van der Waals surface area (Å²) in [6.07, 6.45) is -3.41. The standard InChI is InChI=1S/C27H30F4N4O2S/c1-17-15-35(26(36)37-22-9-11-33(12-10-22)16-19-3-6-21(28)7-4-19)18(2)14-34(17)25-32-23-8-5-20(27(29,30)31)13-24(23)38-25/h3-8,13,17-18,22H,9-12,14-16H2,1-2H3/t17-,18+/m0/s1. The van der Waals surface area contributed by atoms with Crippen LogP contribution in [-0.2, 0) is 17.5 Å². The van der Waals surface area contributed by atoms with Gasteiger partial charge in [-0.25, -0.2) is 14.2 Å². The van der Waals surface area contributed by atoms with Crippen LogP contribution in [0.1, 0.15) is 37.8 Å². The van der Waals surface area contributed by atoms with Gasteiger partial charge < -0.3 is 14.5 Å². The number of halogens is 4. The van der Waals surface area contributed by atoms with Gasteiger partial charge in [0, 0.05) is 44.8 Å². The van der Waals surface area contributed by atoms with Crippen molar-refractivity contribution in [3.05, 3.63) is 59.4 Å². The van der Waals surface area contributed by atoms with E-state index in [9.17, 15) is 22.4 Å². The zero-order valence-electron chi connectivity index (χ0n) is 21.2. The number of ether oxygens (including phenoxy) is 1. The molecular weight excluding hydrogens is 520 g/mol. The van der Waals surface area contributed by atoms with Crippen LogP contribution in [0.2, 0.25) is 0 Å². The number of piperazine rings is 1. The van der Waals surface area contributed by atoms with E-state index in [1.807, 2.05) is 13.8 Å². The number of piperidine rings is 1. The van der Waals surface area contributed by atoms with Gasteiger partial charge in [0.2, 0.25) is 0 Å². The number of amides is 1. The van der Waals surface area contributed by atoms with E-state index in [2.05, 4.69) is 14.8 Å². The molecule has 6 nitrogen and oxygen atoms in total. The zero-order valence-corrected chi connectivity index (χ0v) is 22.1. The fourth-order valence-corrected chi connectivity index (χ4v) is 6.22. The fraction of sp³-hybridized carbons (Fsp3) is 0.481. The number of rotatable bonds is 4. The van der Waals surface area contributed by atoms with Crippen molar-refractivity contribution in [1.29, 1.82) is 0 Å². The number of anilines is 1. The first-order chi connectivity index (χ1) is 18.1. The molecule has 2 atom stereocenters. The van der Waals surface area contributed by atoms with Gasteiger partial charge in [0.05, 0.1) is 15.8 Å². The number of nitrogens with zero attached hydrogens (tertiary/aromatic N) is 4. The molecule has 2 aliphatic heterocycles. The van der Waals surface area contributed by atoms with E-state index < -0.39 is 11.7 Å². The maximum absolute atomic E-state index is 13.1. The van der Waals surface area contributed by atoms with Gasteiger partial charge in [0.1, 0.15) is 11.9 Å². The number of likely N-dealkylation sites (tertiary alicyclic amines) is 1. The topological polar surface area (TPSA) is 48.9 Å². The minimum Gasteiger partial charge on any atom is -0.446 e. The largest absolute Gasteiger partial charge is 0.446 e. The molecule has 0 N–H and O–H groups in total. The second kappa shape index (κ2) is 10.7. The Bertz CT molecular complexity index is 1270. The number of carbonyl (C=O) groups excluding carboxylic acids is 1. The van der Waals surface area contributed by atoms with Gasteiger partial charge in [-0.15, -0.1) is 0 Å². The van der Waals surface area contributed by atoms with Crippen molar-refractivity contribution in [2.24, 2.45) is 0 Å². The molecule has 0 saturated carbocycles. The normalized spacial score (nSPS) is 21.7. The Labute approximate surface area is 222 Å². The van der Waals surface area contributed by atoms with E-state index in [1.165, 1.54) is 29.5 Å². The van der Waals surface area contributed by atoms with Crippen LogP contribution in [0.15, 0.2) is 42.5 Å². The van der Waals surface area contributed by atoms with E-state index in [-0.39, 0.29) is 30.1 Å². The molecule has 0 radical (unpaired) electrons. The molecule has 0 bridgehead atoms. The fourth-order valence-electron chi connectivity index (χ4n) is 5.10. The molecule has 3 aromatic rings. The second-order valence-electron chi connectivity index (χ2n) is 10.2. The molecule has 1 aromatic heterocycles. The van der Waals surface area contributed by atoms with Gasteiger partial charge in [0.25, 0.3) is 0 Å². The summed E-state index contributed by atoms with van der Waals surface area (Å²) in [5.41, 5.74) is 0.900. The summed E-state index contributed by atoms with van der Waals surface area (Å²) in [5, 5.41) is 0.653. The van der Waals surface area contributed by atoms with E-state index in [1.54, 1.807) is 17.0 Å². The van der Waals surface area contributed by atoms with Crippen molar-refractivity contribution in [3.8, 4) is 0 Å². The first-order valence-electron chi connectivity index (χ1n) is 12.8. The predicted molar refractivity (Wildman–Crippen MR) is 139 cm³/mol. The van der Waals surface area contributed by atoms with Crippen LogP contribution < -0.4 is 4.90 Å². The molecule has 11 heteroatoms.